The summed E-state index contributed by atoms with van der Waals surface area (Å²) in [4.78, 5) is 3.48. The van der Waals surface area contributed by atoms with Gasteiger partial charge in [-0.05, 0) is 42.8 Å². The number of anilines is 1. The molecule has 0 atom stereocenters. The molecule has 0 amide bonds. The van der Waals surface area contributed by atoms with Gasteiger partial charge in [0.1, 0.15) is 4.90 Å². The Morgan fingerprint density at radius 3 is 2.20 bits per heavy atom. The molecule has 0 aliphatic rings. The Hall–Kier alpha value is -3.11. The quantitative estimate of drug-likeness (QED) is 0.590. The molecule has 1 N–H and O–H groups in total. The minimum Gasteiger partial charge on any atom is -0.493 e. The molecule has 0 radical (unpaired) electrons. The lowest BCUT2D eigenvalue weighted by Gasteiger charge is -2.12. The summed E-state index contributed by atoms with van der Waals surface area (Å²) >= 11 is 0. The molecule has 0 saturated heterocycles. The normalized spacial score (nSPS) is 11.7. The smallest absolute Gasteiger partial charge is 0.263 e. The first-order valence-electron chi connectivity index (χ1n) is 8.70. The maximum absolute atomic E-state index is 12.7. The van der Waals surface area contributed by atoms with Crippen LogP contribution in [0.4, 0.5) is 5.69 Å². The number of benzene rings is 2. The summed E-state index contributed by atoms with van der Waals surface area (Å²) in [5.41, 5.74) is 1.16. The molecule has 0 spiro atoms. The fourth-order valence-corrected chi connectivity index (χ4v) is 5.34. The zero-order valence-electron chi connectivity index (χ0n) is 16.5. The van der Waals surface area contributed by atoms with Crippen molar-refractivity contribution in [2.45, 2.75) is 16.7 Å². The predicted molar refractivity (Wildman–Crippen MR) is 112 cm³/mol. The summed E-state index contributed by atoms with van der Waals surface area (Å²) < 4.78 is 62.6. The monoisotopic (exact) mass is 448 g/mol. The Balaban J connectivity index is 1.83. The number of rotatable bonds is 7. The van der Waals surface area contributed by atoms with Crippen LogP contribution in [0.1, 0.15) is 5.56 Å². The number of sulfonamides is 1. The first-order chi connectivity index (χ1) is 14.1. The zero-order chi connectivity index (χ0) is 21.9. The number of nitrogens with zero attached hydrogens (tertiary/aromatic N) is 1. The Morgan fingerprint density at radius 2 is 1.60 bits per heavy atom. The van der Waals surface area contributed by atoms with E-state index >= 15 is 0 Å². The van der Waals surface area contributed by atoms with Crippen molar-refractivity contribution in [3.63, 3.8) is 0 Å². The lowest BCUT2D eigenvalue weighted by Crippen LogP contribution is -2.16. The van der Waals surface area contributed by atoms with Crippen molar-refractivity contribution in [1.82, 2.24) is 4.98 Å². The van der Waals surface area contributed by atoms with Crippen LogP contribution >= 0.6 is 0 Å². The summed E-state index contributed by atoms with van der Waals surface area (Å²) in [6.45, 7) is 1.92. The molecule has 0 unspecified atom stereocenters. The van der Waals surface area contributed by atoms with Crippen LogP contribution in [0.3, 0.4) is 0 Å². The van der Waals surface area contributed by atoms with Gasteiger partial charge >= 0.3 is 0 Å². The molecule has 8 nitrogen and oxygen atoms in total. The van der Waals surface area contributed by atoms with Gasteiger partial charge in [0.25, 0.3) is 10.0 Å². The van der Waals surface area contributed by atoms with Crippen LogP contribution in [0.5, 0.6) is 17.4 Å². The molecule has 0 saturated carbocycles. The zero-order valence-corrected chi connectivity index (χ0v) is 18.1. The highest BCUT2D eigenvalue weighted by Crippen LogP contribution is 2.32. The van der Waals surface area contributed by atoms with Crippen LogP contribution in [0.2, 0.25) is 0 Å². The number of sulfone groups is 1. The standard InChI is InChI=1S/C20H20N2O6S2/c1-14-8-10-16(17(12-14)27-2)28-20-11-9-15(13-21-20)22-30(25,26)19-7-5-4-6-18(19)29(3,23)24/h4-13,22H,1-3H3. The number of hydrogen-bond donors (Lipinski definition) is 1. The molecule has 0 aliphatic heterocycles. The van der Waals surface area contributed by atoms with Crippen molar-refractivity contribution in [3.8, 4) is 17.4 Å². The van der Waals surface area contributed by atoms with E-state index in [0.717, 1.165) is 11.8 Å². The summed E-state index contributed by atoms with van der Waals surface area (Å²) in [5, 5.41) is 0. The maximum atomic E-state index is 12.7. The van der Waals surface area contributed by atoms with Gasteiger partial charge in [0.2, 0.25) is 5.88 Å². The Labute approximate surface area is 175 Å². The highest BCUT2D eigenvalue weighted by Gasteiger charge is 2.23. The third kappa shape index (κ3) is 4.89. The minimum atomic E-state index is -4.14. The van der Waals surface area contributed by atoms with E-state index in [2.05, 4.69) is 9.71 Å². The summed E-state index contributed by atoms with van der Waals surface area (Å²) in [6.07, 6.45) is 2.23. The molecule has 0 aliphatic carbocycles. The van der Waals surface area contributed by atoms with E-state index in [9.17, 15) is 16.8 Å². The molecule has 1 aromatic heterocycles. The van der Waals surface area contributed by atoms with Crippen LogP contribution in [-0.4, -0.2) is 35.2 Å². The number of nitrogens with one attached hydrogen (secondary N) is 1. The number of pyridine rings is 1. The van der Waals surface area contributed by atoms with Crippen LogP contribution in [-0.2, 0) is 19.9 Å². The Morgan fingerprint density at radius 1 is 0.900 bits per heavy atom. The molecule has 0 fully saturated rings. The summed E-state index contributed by atoms with van der Waals surface area (Å²) in [7, 11) is -6.34. The number of methoxy groups -OCH3 is 1. The van der Waals surface area contributed by atoms with Crippen LogP contribution in [0.25, 0.3) is 0 Å². The van der Waals surface area contributed by atoms with Crippen LogP contribution in [0, 0.1) is 6.92 Å². The number of ether oxygens (including phenoxy) is 2. The van der Waals surface area contributed by atoms with Gasteiger partial charge in [-0.1, -0.05) is 18.2 Å². The first kappa shape index (κ1) is 21.6. The van der Waals surface area contributed by atoms with Crippen molar-refractivity contribution in [2.24, 2.45) is 0 Å². The minimum absolute atomic E-state index is 0.154. The number of aryl methyl sites for hydroxylation is 1. The highest BCUT2D eigenvalue weighted by molar-refractivity contribution is 7.95. The molecule has 10 heteroatoms. The average molecular weight is 449 g/mol. The van der Waals surface area contributed by atoms with Crippen LogP contribution in [0.15, 0.2) is 70.6 Å². The van der Waals surface area contributed by atoms with E-state index in [-0.39, 0.29) is 21.4 Å². The van der Waals surface area contributed by atoms with E-state index in [4.69, 9.17) is 9.47 Å². The fourth-order valence-electron chi connectivity index (χ4n) is 2.66. The van der Waals surface area contributed by atoms with Gasteiger partial charge in [0, 0.05) is 12.3 Å². The molecule has 3 rings (SSSR count). The SMILES string of the molecule is COc1cc(C)ccc1Oc1ccc(NS(=O)(=O)c2ccccc2S(C)(=O)=O)cn1. The second kappa shape index (κ2) is 8.33. The largest absolute Gasteiger partial charge is 0.493 e. The lowest BCUT2D eigenvalue weighted by atomic mass is 10.2. The topological polar surface area (TPSA) is 112 Å². The average Bonchev–Trinajstić information content (AvgIpc) is 2.70. The third-order valence-electron chi connectivity index (χ3n) is 4.06. The van der Waals surface area contributed by atoms with Gasteiger partial charge in [-0.15, -0.1) is 0 Å². The molecular weight excluding hydrogens is 428 g/mol. The molecule has 3 aromatic rings. The third-order valence-corrected chi connectivity index (χ3v) is 6.78. The Bertz CT molecular complexity index is 1270. The van der Waals surface area contributed by atoms with Gasteiger partial charge in [0.05, 0.1) is 23.9 Å². The van der Waals surface area contributed by atoms with Gasteiger partial charge < -0.3 is 9.47 Å². The van der Waals surface area contributed by atoms with E-state index in [1.165, 1.54) is 49.7 Å². The summed E-state index contributed by atoms with van der Waals surface area (Å²) in [5.74, 6) is 1.24. The van der Waals surface area contributed by atoms with Crippen molar-refractivity contribution < 1.29 is 26.3 Å². The van der Waals surface area contributed by atoms with Crippen LogP contribution < -0.4 is 14.2 Å². The lowest BCUT2D eigenvalue weighted by molar-refractivity contribution is 0.374. The van der Waals surface area contributed by atoms with Gasteiger partial charge in [0.15, 0.2) is 21.3 Å². The Kier molecular flexibility index (Phi) is 5.99. The van der Waals surface area contributed by atoms with Crippen molar-refractivity contribution in [1.29, 1.82) is 0 Å². The van der Waals surface area contributed by atoms with E-state index in [0.29, 0.717) is 11.5 Å². The van der Waals surface area contributed by atoms with Crippen molar-refractivity contribution >= 4 is 25.5 Å². The predicted octanol–water partition coefficient (Wildman–Crippen LogP) is 3.40. The van der Waals surface area contributed by atoms with E-state index < -0.39 is 19.9 Å². The highest BCUT2D eigenvalue weighted by atomic mass is 32.2. The number of hydrogen-bond acceptors (Lipinski definition) is 7. The molecular formula is C20H20N2O6S2. The molecule has 2 aromatic carbocycles. The number of aromatic nitrogens is 1. The van der Waals surface area contributed by atoms with Crippen molar-refractivity contribution in [3.05, 3.63) is 66.4 Å². The van der Waals surface area contributed by atoms with Gasteiger partial charge in [-0.3, -0.25) is 4.72 Å². The maximum Gasteiger partial charge on any atom is 0.263 e. The first-order valence-corrected chi connectivity index (χ1v) is 12.1. The van der Waals surface area contributed by atoms with Crippen molar-refractivity contribution in [2.75, 3.05) is 18.1 Å². The molecule has 0 bridgehead atoms. The second-order valence-corrected chi connectivity index (χ2v) is 10.1. The van der Waals surface area contributed by atoms with E-state index in [1.54, 1.807) is 6.07 Å². The van der Waals surface area contributed by atoms with Gasteiger partial charge in [-0.25, -0.2) is 21.8 Å². The fraction of sp³-hybridized carbons (Fsp3) is 0.150. The molecule has 30 heavy (non-hydrogen) atoms. The molecule has 1 heterocycles. The summed E-state index contributed by atoms with van der Waals surface area (Å²) in [6, 6.07) is 13.8. The second-order valence-electron chi connectivity index (χ2n) is 6.47. The van der Waals surface area contributed by atoms with E-state index in [1.807, 2.05) is 19.1 Å². The molecule has 158 valence electrons. The van der Waals surface area contributed by atoms with Gasteiger partial charge in [-0.2, -0.15) is 0 Å².